The van der Waals surface area contributed by atoms with Crippen LogP contribution in [0, 0.1) is 0 Å². The monoisotopic (exact) mass is 504 g/mol. The fourth-order valence-electron chi connectivity index (χ4n) is 3.46. The molecule has 33 heavy (non-hydrogen) atoms. The van der Waals surface area contributed by atoms with E-state index in [1.54, 1.807) is 24.3 Å². The molecule has 4 rings (SSSR count). The molecule has 0 saturated carbocycles. The molecule has 3 N–H and O–H groups in total. The van der Waals surface area contributed by atoms with Gasteiger partial charge in [0.1, 0.15) is 32.4 Å². The van der Waals surface area contributed by atoms with E-state index < -0.39 is 11.6 Å². The number of carbonyl (C=O) groups excluding carboxylic acids is 2. The summed E-state index contributed by atoms with van der Waals surface area (Å²) < 4.78 is 6.64. The van der Waals surface area contributed by atoms with E-state index in [0.29, 0.717) is 0 Å². The topological polar surface area (TPSA) is 105 Å². The van der Waals surface area contributed by atoms with Crippen LogP contribution in [-0.4, -0.2) is 38.4 Å². The quantitative estimate of drug-likeness (QED) is 0.294. The Kier molecular flexibility index (Phi) is 6.12. The number of carbonyl (C=O) groups is 2. The van der Waals surface area contributed by atoms with Gasteiger partial charge in [-0.15, -0.1) is 0 Å². The Labute approximate surface area is 202 Å². The van der Waals surface area contributed by atoms with E-state index in [1.807, 2.05) is 0 Å². The lowest BCUT2D eigenvalue weighted by Gasteiger charge is -2.14. The summed E-state index contributed by atoms with van der Waals surface area (Å²) in [5.41, 5.74) is -0.163. The highest BCUT2D eigenvalue weighted by Crippen LogP contribution is 2.41. The second kappa shape index (κ2) is 8.86. The lowest BCUT2D eigenvalue weighted by Crippen LogP contribution is -2.13. The van der Waals surface area contributed by atoms with Gasteiger partial charge in [0.05, 0.1) is 29.6 Å². The zero-order valence-electron chi connectivity index (χ0n) is 16.9. The van der Waals surface area contributed by atoms with Gasteiger partial charge < -0.3 is 19.9 Å². The van der Waals surface area contributed by atoms with E-state index >= 15 is 0 Å². The van der Waals surface area contributed by atoms with Gasteiger partial charge in [-0.2, -0.15) is 0 Å². The van der Waals surface area contributed by atoms with Crippen LogP contribution in [0.2, 0.25) is 15.2 Å². The molecule has 2 heterocycles. The number of hydrogen-bond acceptors (Lipinski definition) is 5. The van der Waals surface area contributed by atoms with Crippen LogP contribution in [0.3, 0.4) is 0 Å². The van der Waals surface area contributed by atoms with Crippen molar-refractivity contribution >= 4 is 46.4 Å². The van der Waals surface area contributed by atoms with Crippen LogP contribution in [0.5, 0.6) is 17.4 Å². The zero-order chi connectivity index (χ0) is 23.9. The molecule has 0 atom stereocenters. The first-order valence-electron chi connectivity index (χ1n) is 9.44. The van der Waals surface area contributed by atoms with Gasteiger partial charge >= 0.3 is 0 Å². The van der Waals surface area contributed by atoms with Gasteiger partial charge in [0, 0.05) is 0 Å². The summed E-state index contributed by atoms with van der Waals surface area (Å²) in [6.45, 7) is 0. The molecular weight excluding hydrogens is 491 g/mol. The van der Waals surface area contributed by atoms with Crippen molar-refractivity contribution < 1.29 is 24.5 Å². The molecule has 0 aliphatic rings. The van der Waals surface area contributed by atoms with Crippen LogP contribution >= 0.6 is 34.8 Å². The van der Waals surface area contributed by atoms with Crippen LogP contribution in [0.4, 0.5) is 0 Å². The Bertz CT molecular complexity index is 1410. The van der Waals surface area contributed by atoms with E-state index in [-0.39, 0.29) is 60.8 Å². The maximum atomic E-state index is 13.4. The third-order valence-corrected chi connectivity index (χ3v) is 5.98. The number of phenols is 2. The van der Waals surface area contributed by atoms with Crippen molar-refractivity contribution in [3.63, 3.8) is 0 Å². The number of halogens is 3. The van der Waals surface area contributed by atoms with Crippen LogP contribution in [-0.2, 0) is 0 Å². The number of aromatic nitrogens is 2. The number of para-hydroxylation sites is 2. The molecule has 0 amide bonds. The third-order valence-electron chi connectivity index (χ3n) is 4.96. The first-order valence-corrected chi connectivity index (χ1v) is 10.6. The number of nitrogens with one attached hydrogen (secondary N) is 1. The second-order valence-corrected chi connectivity index (χ2v) is 8.05. The van der Waals surface area contributed by atoms with Crippen molar-refractivity contribution in [1.82, 2.24) is 9.55 Å². The van der Waals surface area contributed by atoms with Gasteiger partial charge in [-0.25, -0.2) is 0 Å². The highest BCUT2D eigenvalue weighted by atomic mass is 35.5. The Hall–Kier alpha value is -3.39. The largest absolute Gasteiger partial charge is 0.507 e. The van der Waals surface area contributed by atoms with E-state index in [4.69, 9.17) is 39.5 Å². The number of hydrogen-bond donors (Lipinski definition) is 3. The van der Waals surface area contributed by atoms with Crippen LogP contribution in [0.1, 0.15) is 32.1 Å². The summed E-state index contributed by atoms with van der Waals surface area (Å²) in [5.74, 6) is -1.72. The molecule has 0 bridgehead atoms. The van der Waals surface area contributed by atoms with Crippen LogP contribution in [0.15, 0.2) is 54.6 Å². The predicted octanol–water partition coefficient (Wildman–Crippen LogP) is 5.65. The number of H-pyrrole nitrogens is 1. The van der Waals surface area contributed by atoms with Gasteiger partial charge in [-0.1, -0.05) is 59.1 Å². The number of rotatable bonds is 6. The molecule has 0 fully saturated rings. The van der Waals surface area contributed by atoms with Gasteiger partial charge in [-0.3, -0.25) is 14.2 Å². The smallest absolute Gasteiger partial charge is 0.217 e. The highest BCUT2D eigenvalue weighted by molar-refractivity contribution is 6.43. The van der Waals surface area contributed by atoms with Crippen molar-refractivity contribution in [3.8, 4) is 23.1 Å². The van der Waals surface area contributed by atoms with Crippen molar-refractivity contribution in [2.75, 3.05) is 7.11 Å². The molecule has 0 aliphatic heterocycles. The molecule has 0 spiro atoms. The first-order chi connectivity index (χ1) is 15.8. The summed E-state index contributed by atoms with van der Waals surface area (Å²) >= 11 is 19.0. The van der Waals surface area contributed by atoms with E-state index in [9.17, 15) is 19.8 Å². The summed E-state index contributed by atoms with van der Waals surface area (Å²) in [6.07, 6.45) is 0. The van der Waals surface area contributed by atoms with E-state index in [1.165, 1.54) is 42.0 Å². The fourth-order valence-corrected chi connectivity index (χ4v) is 4.13. The number of methoxy groups -OCH3 is 1. The Morgan fingerprint density at radius 3 is 2.00 bits per heavy atom. The Balaban J connectivity index is 1.99. The molecule has 2 aromatic heterocycles. The predicted molar refractivity (Wildman–Crippen MR) is 125 cm³/mol. The van der Waals surface area contributed by atoms with Crippen molar-refractivity contribution in [2.24, 2.45) is 0 Å². The molecule has 0 radical (unpaired) electrons. The number of phenolic OH excluding ortho intramolecular Hbond substituents is 2. The highest BCUT2D eigenvalue weighted by Gasteiger charge is 2.31. The molecule has 4 aromatic rings. The minimum atomic E-state index is -0.635. The molecule has 10 heteroatoms. The van der Waals surface area contributed by atoms with Crippen molar-refractivity contribution in [1.29, 1.82) is 0 Å². The molecule has 0 unspecified atom stereocenters. The number of ether oxygens (including phenoxy) is 1. The summed E-state index contributed by atoms with van der Waals surface area (Å²) in [7, 11) is 1.33. The normalized spacial score (nSPS) is 10.9. The van der Waals surface area contributed by atoms with Crippen LogP contribution in [0.25, 0.3) is 5.69 Å². The molecule has 0 aliphatic carbocycles. The zero-order valence-corrected chi connectivity index (χ0v) is 19.2. The minimum Gasteiger partial charge on any atom is -0.507 e. The summed E-state index contributed by atoms with van der Waals surface area (Å²) in [6, 6.07) is 13.2. The third kappa shape index (κ3) is 3.84. The first kappa shape index (κ1) is 22.8. The Morgan fingerprint density at radius 2 is 1.45 bits per heavy atom. The van der Waals surface area contributed by atoms with Crippen LogP contribution < -0.4 is 4.74 Å². The number of ketones is 2. The number of aromatic hydroxyl groups is 2. The standard InChI is InChI=1S/C23H15Cl3N2O5/c1-33-23-13(24)10-14(20(31)11-6-2-4-8-15(11)29)28(23)19-17(25)22(26)27-18(19)21(32)12-7-3-5-9-16(12)30/h2-10,27,29-30H,1H3. The summed E-state index contributed by atoms with van der Waals surface area (Å²) in [5, 5.41) is 20.3. The molecular formula is C23H15Cl3N2O5. The molecule has 168 valence electrons. The lowest BCUT2D eigenvalue weighted by molar-refractivity contribution is 0.101. The average molecular weight is 506 g/mol. The fraction of sp³-hybridized carbons (Fsp3) is 0.0435. The number of aromatic amines is 1. The van der Waals surface area contributed by atoms with E-state index in [2.05, 4.69) is 4.98 Å². The molecule has 7 nitrogen and oxygen atoms in total. The average Bonchev–Trinajstić information content (AvgIpc) is 3.28. The molecule has 0 saturated heterocycles. The molecule has 2 aromatic carbocycles. The summed E-state index contributed by atoms with van der Waals surface area (Å²) in [4.78, 5) is 29.4. The van der Waals surface area contributed by atoms with E-state index in [0.717, 1.165) is 0 Å². The maximum Gasteiger partial charge on any atom is 0.217 e. The second-order valence-electron chi connectivity index (χ2n) is 6.89. The number of nitrogens with zero attached hydrogens (tertiary/aromatic N) is 1. The van der Waals surface area contributed by atoms with Gasteiger partial charge in [0.2, 0.25) is 17.4 Å². The number of benzene rings is 2. The van der Waals surface area contributed by atoms with Gasteiger partial charge in [-0.05, 0) is 30.3 Å². The van der Waals surface area contributed by atoms with Gasteiger partial charge in [0.25, 0.3) is 0 Å². The Morgan fingerprint density at radius 1 is 0.909 bits per heavy atom. The SMILES string of the molecule is COc1c(Cl)cc(C(=O)c2ccccc2O)n1-c1c(C(=O)c2ccccc2O)[nH]c(Cl)c1Cl. The minimum absolute atomic E-state index is 0.00176. The lowest BCUT2D eigenvalue weighted by atomic mass is 10.1. The van der Waals surface area contributed by atoms with Crippen molar-refractivity contribution in [2.45, 2.75) is 0 Å². The maximum absolute atomic E-state index is 13.4. The van der Waals surface area contributed by atoms with Crippen molar-refractivity contribution in [3.05, 3.63) is 92.3 Å². The van der Waals surface area contributed by atoms with Gasteiger partial charge in [0.15, 0.2) is 0 Å².